The lowest BCUT2D eigenvalue weighted by atomic mass is 10.3. The van der Waals surface area contributed by atoms with Gasteiger partial charge in [-0.2, -0.15) is 13.2 Å². The fourth-order valence-electron chi connectivity index (χ4n) is 2.65. The molecule has 0 aliphatic carbocycles. The third-order valence-corrected chi connectivity index (χ3v) is 8.20. The van der Waals surface area contributed by atoms with Crippen LogP contribution in [0.5, 0.6) is 0 Å². The zero-order chi connectivity index (χ0) is 20.1. The number of hydrogen-bond donors (Lipinski definition) is 0. The fourth-order valence-corrected chi connectivity index (χ4v) is 6.17. The summed E-state index contributed by atoms with van der Waals surface area (Å²) in [6, 6.07) is 3.26. The summed E-state index contributed by atoms with van der Waals surface area (Å²) in [7, 11) is -5.45. The molecule has 2 aliphatic rings. The molecule has 0 N–H and O–H groups in total. The minimum atomic E-state index is -5.45. The Morgan fingerprint density at radius 2 is 1.74 bits per heavy atom. The molecule has 27 heavy (non-hydrogen) atoms. The van der Waals surface area contributed by atoms with Crippen LogP contribution < -0.4 is 4.90 Å². The Balaban J connectivity index is 2.09. The molecule has 12 heteroatoms. The summed E-state index contributed by atoms with van der Waals surface area (Å²) >= 11 is 7.55. The Kier molecular flexibility index (Phi) is 5.30. The molecular formula is C15H13F3N2O3S4. The highest BCUT2D eigenvalue weighted by Gasteiger charge is 2.47. The van der Waals surface area contributed by atoms with Gasteiger partial charge >= 0.3 is 5.51 Å². The summed E-state index contributed by atoms with van der Waals surface area (Å²) < 4.78 is 62.4. The SMILES string of the molecule is CCN1C(=O)C(=C2Sc3ccc(S(=O)(=O)C(F)(F)F)cc3N2CC)SC1=S. The smallest absolute Gasteiger partial charge is 0.334 e. The highest BCUT2D eigenvalue weighted by molar-refractivity contribution is 8.27. The number of rotatable bonds is 3. The molecule has 1 amide bonds. The summed E-state index contributed by atoms with van der Waals surface area (Å²) in [5, 5.41) is 0.544. The molecule has 0 aromatic heterocycles. The van der Waals surface area contributed by atoms with Crippen molar-refractivity contribution in [3.8, 4) is 0 Å². The molecule has 2 heterocycles. The van der Waals surface area contributed by atoms with E-state index in [1.807, 2.05) is 0 Å². The molecule has 5 nitrogen and oxygen atoms in total. The minimum absolute atomic E-state index is 0.260. The van der Waals surface area contributed by atoms with Gasteiger partial charge in [0.25, 0.3) is 15.7 Å². The van der Waals surface area contributed by atoms with Crippen molar-refractivity contribution in [3.63, 3.8) is 0 Å². The maximum Gasteiger partial charge on any atom is 0.501 e. The van der Waals surface area contributed by atoms with E-state index >= 15 is 0 Å². The number of sulfone groups is 1. The minimum Gasteiger partial charge on any atom is -0.334 e. The van der Waals surface area contributed by atoms with Gasteiger partial charge in [0.05, 0.1) is 10.6 Å². The molecule has 1 fully saturated rings. The number of benzene rings is 1. The average molecular weight is 455 g/mol. The number of nitrogens with zero attached hydrogens (tertiary/aromatic N) is 2. The standard InChI is InChI=1S/C15H13F3N2O3S4/c1-3-19-9-7-8(27(22,23)15(16,17)18)5-6-10(9)25-13(19)11-12(21)20(4-2)14(24)26-11/h5-7H,3-4H2,1-2H3. The molecule has 0 atom stereocenters. The van der Waals surface area contributed by atoms with Gasteiger partial charge in [0, 0.05) is 18.0 Å². The van der Waals surface area contributed by atoms with Gasteiger partial charge in [-0.05, 0) is 32.0 Å². The first-order valence-electron chi connectivity index (χ1n) is 7.71. The summed E-state index contributed by atoms with van der Waals surface area (Å²) in [5.74, 6) is -0.260. The van der Waals surface area contributed by atoms with Crippen molar-refractivity contribution in [2.75, 3.05) is 18.0 Å². The van der Waals surface area contributed by atoms with Gasteiger partial charge in [0.15, 0.2) is 0 Å². The first-order valence-corrected chi connectivity index (χ1v) is 11.2. The van der Waals surface area contributed by atoms with Crippen LogP contribution in [0.25, 0.3) is 0 Å². The van der Waals surface area contributed by atoms with E-state index in [-0.39, 0.29) is 5.91 Å². The van der Waals surface area contributed by atoms with Crippen LogP contribution in [0.4, 0.5) is 18.9 Å². The Bertz CT molecular complexity index is 973. The molecule has 0 bridgehead atoms. The molecule has 0 spiro atoms. The fraction of sp³-hybridized carbons (Fsp3) is 0.333. The summed E-state index contributed by atoms with van der Waals surface area (Å²) in [6.45, 7) is 4.32. The van der Waals surface area contributed by atoms with Crippen LogP contribution in [0.15, 0.2) is 37.9 Å². The second-order valence-corrected chi connectivity index (χ2v) is 10.1. The number of fused-ring (bicyclic) bond motifs is 1. The highest BCUT2D eigenvalue weighted by Crippen LogP contribution is 2.51. The van der Waals surface area contributed by atoms with Gasteiger partial charge in [-0.15, -0.1) is 0 Å². The monoisotopic (exact) mass is 454 g/mol. The van der Waals surface area contributed by atoms with Crippen molar-refractivity contribution in [2.24, 2.45) is 0 Å². The molecule has 146 valence electrons. The Morgan fingerprint density at radius 1 is 1.11 bits per heavy atom. The summed E-state index contributed by atoms with van der Waals surface area (Å²) in [5.41, 5.74) is -5.05. The largest absolute Gasteiger partial charge is 0.501 e. The van der Waals surface area contributed by atoms with Crippen LogP contribution in [0, 0.1) is 0 Å². The van der Waals surface area contributed by atoms with Crippen molar-refractivity contribution in [3.05, 3.63) is 28.1 Å². The Morgan fingerprint density at radius 3 is 2.26 bits per heavy atom. The van der Waals surface area contributed by atoms with Gasteiger partial charge in [-0.25, -0.2) is 8.42 Å². The molecular weight excluding hydrogens is 441 g/mol. The molecule has 3 rings (SSSR count). The maximum atomic E-state index is 12.9. The topological polar surface area (TPSA) is 57.7 Å². The van der Waals surface area contributed by atoms with Crippen LogP contribution in [0.2, 0.25) is 0 Å². The number of thiocarbonyl (C=S) groups is 1. The molecule has 1 aromatic rings. The van der Waals surface area contributed by atoms with Crippen molar-refractivity contribution in [1.82, 2.24) is 4.90 Å². The van der Waals surface area contributed by atoms with Gasteiger partial charge in [0.2, 0.25) is 0 Å². The van der Waals surface area contributed by atoms with Crippen LogP contribution in [-0.2, 0) is 14.6 Å². The van der Waals surface area contributed by atoms with E-state index in [0.717, 1.165) is 23.9 Å². The van der Waals surface area contributed by atoms with Crippen molar-refractivity contribution in [2.45, 2.75) is 29.1 Å². The van der Waals surface area contributed by atoms with Crippen LogP contribution in [-0.4, -0.2) is 42.1 Å². The highest BCUT2D eigenvalue weighted by atomic mass is 32.2. The zero-order valence-corrected chi connectivity index (χ0v) is 17.3. The molecule has 1 aromatic carbocycles. The third kappa shape index (κ3) is 3.26. The molecule has 0 saturated carbocycles. The molecule has 1 saturated heterocycles. The van der Waals surface area contributed by atoms with Gasteiger partial charge in [-0.3, -0.25) is 9.69 Å². The Hall–Kier alpha value is -1.24. The first kappa shape index (κ1) is 20.5. The van der Waals surface area contributed by atoms with E-state index in [1.165, 1.54) is 22.7 Å². The number of alkyl halides is 3. The average Bonchev–Trinajstić information content (AvgIpc) is 3.09. The van der Waals surface area contributed by atoms with E-state index in [0.29, 0.717) is 37.9 Å². The van der Waals surface area contributed by atoms with Crippen LogP contribution >= 0.6 is 35.7 Å². The predicted octanol–water partition coefficient (Wildman–Crippen LogP) is 3.96. The summed E-state index contributed by atoms with van der Waals surface area (Å²) in [6.07, 6.45) is 0. The molecule has 0 unspecified atom stereocenters. The first-order chi connectivity index (χ1) is 12.5. The lowest BCUT2D eigenvalue weighted by Gasteiger charge is -2.20. The van der Waals surface area contributed by atoms with Crippen molar-refractivity contribution >= 4 is 61.5 Å². The molecule has 0 radical (unpaired) electrons. The van der Waals surface area contributed by atoms with Crippen LogP contribution in [0.1, 0.15) is 13.8 Å². The number of likely N-dealkylation sites (N-methyl/N-ethyl adjacent to an activating group) is 1. The van der Waals surface area contributed by atoms with E-state index in [2.05, 4.69) is 0 Å². The normalized spacial score (nSPS) is 20.6. The van der Waals surface area contributed by atoms with Gasteiger partial charge < -0.3 is 4.90 Å². The number of carbonyl (C=O) groups excluding carboxylic acids is 1. The molecule has 2 aliphatic heterocycles. The zero-order valence-electron chi connectivity index (χ0n) is 14.0. The quantitative estimate of drug-likeness (QED) is 0.506. The van der Waals surface area contributed by atoms with Gasteiger partial charge in [-0.1, -0.05) is 35.7 Å². The lowest BCUT2D eigenvalue weighted by Crippen LogP contribution is -2.28. The Labute approximate surface area is 167 Å². The van der Waals surface area contributed by atoms with Crippen LogP contribution in [0.3, 0.4) is 0 Å². The predicted molar refractivity (Wildman–Crippen MR) is 103 cm³/mol. The van der Waals surface area contributed by atoms with Crippen molar-refractivity contribution in [1.29, 1.82) is 0 Å². The number of thioether (sulfide) groups is 2. The van der Waals surface area contributed by atoms with Crippen molar-refractivity contribution < 1.29 is 26.4 Å². The summed E-state index contributed by atoms with van der Waals surface area (Å²) in [4.78, 5) is 15.8. The second-order valence-electron chi connectivity index (χ2n) is 5.48. The number of carbonyl (C=O) groups is 1. The second kappa shape index (κ2) is 6.98. The maximum absolute atomic E-state index is 12.9. The van der Waals surface area contributed by atoms with Gasteiger partial charge in [0.1, 0.15) is 14.3 Å². The van der Waals surface area contributed by atoms with E-state index < -0.39 is 20.2 Å². The lowest BCUT2D eigenvalue weighted by molar-refractivity contribution is -0.122. The van der Waals surface area contributed by atoms with E-state index in [9.17, 15) is 26.4 Å². The number of halogens is 3. The number of anilines is 1. The third-order valence-electron chi connectivity index (χ3n) is 3.96. The number of amides is 1. The number of hydrogen-bond acceptors (Lipinski definition) is 7. The van der Waals surface area contributed by atoms with E-state index in [1.54, 1.807) is 18.7 Å². The van der Waals surface area contributed by atoms with E-state index in [4.69, 9.17) is 12.2 Å².